The molecule has 4 heteroatoms. The van der Waals surface area contributed by atoms with Gasteiger partial charge in [0.2, 0.25) is 5.78 Å². The van der Waals surface area contributed by atoms with Gasteiger partial charge in [0.1, 0.15) is 0 Å². The molecule has 0 aromatic carbocycles. The van der Waals surface area contributed by atoms with Crippen LogP contribution in [0.2, 0.25) is 0 Å². The first-order chi connectivity index (χ1) is 4.54. The maximum atomic E-state index is 12.2. The van der Waals surface area contributed by atoms with Gasteiger partial charge in [-0.25, -0.2) is 0 Å². The van der Waals surface area contributed by atoms with E-state index in [0.29, 0.717) is 6.08 Å². The van der Waals surface area contributed by atoms with E-state index in [1.807, 2.05) is 0 Å². The summed E-state index contributed by atoms with van der Waals surface area (Å²) >= 11 is 0. The maximum absolute atomic E-state index is 12.2. The van der Waals surface area contributed by atoms with E-state index in [2.05, 4.69) is 11.9 Å². The molecule has 0 heterocycles. The number of hydrogen-bond acceptors (Lipinski definition) is 2. The molecule has 0 fully saturated rings. The minimum absolute atomic E-state index is 0.334. The van der Waals surface area contributed by atoms with Crippen LogP contribution in [-0.4, -0.2) is 25.3 Å². The predicted molar refractivity (Wildman–Crippen MR) is 34.1 cm³/mol. The molecule has 10 heavy (non-hydrogen) atoms. The van der Waals surface area contributed by atoms with Crippen molar-refractivity contribution in [2.45, 2.75) is 5.92 Å². The van der Waals surface area contributed by atoms with E-state index >= 15 is 0 Å². The van der Waals surface area contributed by atoms with E-state index in [1.165, 1.54) is 7.05 Å². The van der Waals surface area contributed by atoms with Crippen molar-refractivity contribution in [3.8, 4) is 0 Å². The third-order valence-corrected chi connectivity index (χ3v) is 0.965. The lowest BCUT2D eigenvalue weighted by atomic mass is 10.2. The maximum Gasteiger partial charge on any atom is 0.324 e. The molecule has 0 saturated carbocycles. The number of carbonyl (C=O) groups excluding carboxylic acids is 1. The van der Waals surface area contributed by atoms with Crippen molar-refractivity contribution < 1.29 is 13.6 Å². The van der Waals surface area contributed by atoms with Crippen LogP contribution in [0, 0.1) is 0 Å². The van der Waals surface area contributed by atoms with Crippen LogP contribution in [0.5, 0.6) is 0 Å². The minimum atomic E-state index is -3.39. The Kier molecular flexibility index (Phi) is 3.15. The number of halogens is 2. The fraction of sp³-hybridized carbons (Fsp3) is 0.500. The van der Waals surface area contributed by atoms with Crippen LogP contribution < -0.4 is 5.32 Å². The Bertz CT molecular complexity index is 145. The van der Waals surface area contributed by atoms with Gasteiger partial charge in [-0.2, -0.15) is 8.78 Å². The second-order valence-corrected chi connectivity index (χ2v) is 1.78. The van der Waals surface area contributed by atoms with Crippen LogP contribution in [0.3, 0.4) is 0 Å². The lowest BCUT2D eigenvalue weighted by Gasteiger charge is -2.07. The average Bonchev–Trinajstić information content (AvgIpc) is 1.89. The lowest BCUT2D eigenvalue weighted by molar-refractivity contribution is -0.135. The number of nitrogens with one attached hydrogen (secondary N) is 1. The predicted octanol–water partition coefficient (Wildman–Crippen LogP) is 0.596. The Hall–Kier alpha value is -0.770. The average molecular weight is 149 g/mol. The molecule has 0 aliphatic carbocycles. The van der Waals surface area contributed by atoms with Crippen molar-refractivity contribution in [2.24, 2.45) is 0 Å². The smallest absolute Gasteiger partial charge is 0.313 e. The number of likely N-dealkylation sites (N-methyl/N-ethyl adjacent to an activating group) is 1. The summed E-state index contributed by atoms with van der Waals surface area (Å²) in [6.45, 7) is 2.50. The summed E-state index contributed by atoms with van der Waals surface area (Å²) in [6.07, 6.45) is 0.340. The third-order valence-electron chi connectivity index (χ3n) is 0.965. The van der Waals surface area contributed by atoms with Crippen LogP contribution in [0.1, 0.15) is 0 Å². The van der Waals surface area contributed by atoms with Gasteiger partial charge in [0.05, 0.1) is 6.54 Å². The number of ketones is 1. The summed E-state index contributed by atoms with van der Waals surface area (Å²) in [6, 6.07) is 0. The highest BCUT2D eigenvalue weighted by atomic mass is 19.3. The largest absolute Gasteiger partial charge is 0.324 e. The molecule has 0 atom stereocenters. The Labute approximate surface area is 57.9 Å². The molecule has 0 aliphatic rings. The van der Waals surface area contributed by atoms with E-state index < -0.39 is 11.7 Å². The molecule has 0 bridgehead atoms. The van der Waals surface area contributed by atoms with Gasteiger partial charge in [-0.15, -0.1) is 0 Å². The standard InChI is InChI=1S/C6H9F2NO/c1-3-6(7,8)5(10)4-9-2/h3,9H,1,4H2,2H3. The molecule has 1 N–H and O–H groups in total. The number of rotatable bonds is 4. The fourth-order valence-corrected chi connectivity index (χ4v) is 0.392. The van der Waals surface area contributed by atoms with E-state index in [4.69, 9.17) is 0 Å². The molecular formula is C6H9F2NO. The summed E-state index contributed by atoms with van der Waals surface area (Å²) in [4.78, 5) is 10.4. The van der Waals surface area contributed by atoms with Crippen molar-refractivity contribution >= 4 is 5.78 Å². The van der Waals surface area contributed by atoms with Crippen LogP contribution in [0.4, 0.5) is 8.78 Å². The molecule has 0 aliphatic heterocycles. The quantitative estimate of drug-likeness (QED) is 0.593. The zero-order valence-electron chi connectivity index (χ0n) is 5.66. The molecule has 0 aromatic rings. The lowest BCUT2D eigenvalue weighted by Crippen LogP contribution is -2.33. The number of Topliss-reactive ketones (excluding diaryl/α,β-unsaturated/α-hetero) is 1. The van der Waals surface area contributed by atoms with Gasteiger partial charge >= 0.3 is 5.92 Å². The van der Waals surface area contributed by atoms with Crippen LogP contribution in [0.15, 0.2) is 12.7 Å². The Balaban J connectivity index is 4.04. The van der Waals surface area contributed by atoms with E-state index in [1.54, 1.807) is 0 Å². The topological polar surface area (TPSA) is 29.1 Å². The summed E-state index contributed by atoms with van der Waals surface area (Å²) in [5, 5.41) is 2.33. The summed E-state index contributed by atoms with van der Waals surface area (Å²) in [5.41, 5.74) is 0. The first-order valence-electron chi connectivity index (χ1n) is 2.74. The first kappa shape index (κ1) is 9.23. The SMILES string of the molecule is C=CC(F)(F)C(=O)CNC. The summed E-state index contributed by atoms with van der Waals surface area (Å²) < 4.78 is 24.5. The van der Waals surface area contributed by atoms with Gasteiger partial charge < -0.3 is 5.32 Å². The molecule has 0 radical (unpaired) electrons. The molecule has 0 rings (SSSR count). The Morgan fingerprint density at radius 3 is 2.60 bits per heavy atom. The highest BCUT2D eigenvalue weighted by molar-refractivity contribution is 5.89. The van der Waals surface area contributed by atoms with Gasteiger partial charge in [0.25, 0.3) is 0 Å². The van der Waals surface area contributed by atoms with Crippen LogP contribution in [-0.2, 0) is 4.79 Å². The molecule has 0 spiro atoms. The summed E-state index contributed by atoms with van der Waals surface area (Å²) in [7, 11) is 1.43. The van der Waals surface area contributed by atoms with Gasteiger partial charge in [-0.1, -0.05) is 6.58 Å². The second kappa shape index (κ2) is 3.41. The molecule has 0 saturated heterocycles. The zero-order valence-corrected chi connectivity index (χ0v) is 5.66. The second-order valence-electron chi connectivity index (χ2n) is 1.78. The number of hydrogen-bond donors (Lipinski definition) is 1. The van der Waals surface area contributed by atoms with Gasteiger partial charge in [-0.3, -0.25) is 4.79 Å². The molecular weight excluding hydrogens is 140 g/mol. The zero-order chi connectivity index (χ0) is 8.20. The van der Waals surface area contributed by atoms with Crippen molar-refractivity contribution in [1.82, 2.24) is 5.32 Å². The van der Waals surface area contributed by atoms with Crippen molar-refractivity contribution in [2.75, 3.05) is 13.6 Å². The van der Waals surface area contributed by atoms with E-state index in [9.17, 15) is 13.6 Å². The Morgan fingerprint density at radius 1 is 1.80 bits per heavy atom. The van der Waals surface area contributed by atoms with Gasteiger partial charge in [0.15, 0.2) is 0 Å². The monoisotopic (exact) mass is 149 g/mol. The minimum Gasteiger partial charge on any atom is -0.313 e. The number of allylic oxidation sites excluding steroid dienone is 1. The van der Waals surface area contributed by atoms with Crippen LogP contribution >= 0.6 is 0 Å². The van der Waals surface area contributed by atoms with Crippen molar-refractivity contribution in [1.29, 1.82) is 0 Å². The molecule has 0 aromatic heterocycles. The highest BCUT2D eigenvalue weighted by Gasteiger charge is 2.33. The van der Waals surface area contributed by atoms with Crippen molar-refractivity contribution in [3.63, 3.8) is 0 Å². The number of carbonyl (C=O) groups is 1. The third kappa shape index (κ3) is 2.23. The Morgan fingerprint density at radius 2 is 2.30 bits per heavy atom. The molecule has 0 amide bonds. The van der Waals surface area contributed by atoms with Gasteiger partial charge in [0, 0.05) is 0 Å². The normalized spacial score (nSPS) is 11.1. The molecule has 2 nitrogen and oxygen atoms in total. The number of alkyl halides is 2. The first-order valence-corrected chi connectivity index (χ1v) is 2.74. The van der Waals surface area contributed by atoms with Crippen molar-refractivity contribution in [3.05, 3.63) is 12.7 Å². The van der Waals surface area contributed by atoms with E-state index in [-0.39, 0.29) is 6.54 Å². The summed E-state index contributed by atoms with van der Waals surface area (Å²) in [5.74, 6) is -4.55. The van der Waals surface area contributed by atoms with Crippen LogP contribution in [0.25, 0.3) is 0 Å². The van der Waals surface area contributed by atoms with E-state index in [0.717, 1.165) is 0 Å². The highest BCUT2D eigenvalue weighted by Crippen LogP contribution is 2.14. The van der Waals surface area contributed by atoms with Gasteiger partial charge in [-0.05, 0) is 13.1 Å². The molecule has 0 unspecified atom stereocenters. The fourth-order valence-electron chi connectivity index (χ4n) is 0.392. The molecule has 58 valence electrons.